The molecule has 4 rings (SSSR count). The summed E-state index contributed by atoms with van der Waals surface area (Å²) in [5, 5.41) is 3.61. The molecule has 0 unspecified atom stereocenters. The molecule has 0 aliphatic carbocycles. The Kier molecular flexibility index (Phi) is 5.19. The maximum atomic E-state index is 5.44. The topological polar surface area (TPSA) is 33.7 Å². The lowest BCUT2D eigenvalue weighted by atomic mass is 9.96. The molecule has 0 spiro atoms. The third-order valence-electron chi connectivity index (χ3n) is 5.16. The van der Waals surface area contributed by atoms with E-state index < -0.39 is 0 Å². The zero-order valence-corrected chi connectivity index (χ0v) is 14.6. The van der Waals surface area contributed by atoms with Crippen molar-refractivity contribution in [1.29, 1.82) is 0 Å². The molecule has 4 nitrogen and oxygen atoms in total. The van der Waals surface area contributed by atoms with Crippen LogP contribution in [0.1, 0.15) is 24.0 Å². The standard InChI is InChI=1S/C21H26N2O2/c1-2-4-18(5-3-1)15-23-10-8-17(9-11-23)13-22-14-19-6-7-20-21(12-19)25-16-24-20/h1-7,12,17,22H,8-11,13-16H2. The molecule has 2 aromatic rings. The molecule has 0 saturated carbocycles. The summed E-state index contributed by atoms with van der Waals surface area (Å²) in [6.45, 7) is 5.80. The van der Waals surface area contributed by atoms with E-state index in [1.165, 1.54) is 37.1 Å². The van der Waals surface area contributed by atoms with E-state index in [9.17, 15) is 0 Å². The first-order chi connectivity index (χ1) is 12.4. The number of hydrogen-bond donors (Lipinski definition) is 1. The van der Waals surface area contributed by atoms with E-state index in [2.05, 4.69) is 52.7 Å². The number of likely N-dealkylation sites (tertiary alicyclic amines) is 1. The van der Waals surface area contributed by atoms with Gasteiger partial charge in [-0.05, 0) is 61.7 Å². The van der Waals surface area contributed by atoms with Gasteiger partial charge in [-0.15, -0.1) is 0 Å². The summed E-state index contributed by atoms with van der Waals surface area (Å²) in [6, 6.07) is 17.0. The first-order valence-electron chi connectivity index (χ1n) is 9.22. The maximum absolute atomic E-state index is 5.44. The first kappa shape index (κ1) is 16.4. The van der Waals surface area contributed by atoms with Crippen molar-refractivity contribution in [2.75, 3.05) is 26.4 Å². The number of hydrogen-bond acceptors (Lipinski definition) is 4. The maximum Gasteiger partial charge on any atom is 0.231 e. The Balaban J connectivity index is 1.18. The molecule has 2 heterocycles. The van der Waals surface area contributed by atoms with Gasteiger partial charge in [-0.1, -0.05) is 36.4 Å². The second-order valence-corrected chi connectivity index (χ2v) is 7.02. The van der Waals surface area contributed by atoms with Gasteiger partial charge in [0.15, 0.2) is 11.5 Å². The lowest BCUT2D eigenvalue weighted by Gasteiger charge is -2.32. The van der Waals surface area contributed by atoms with Gasteiger partial charge in [-0.2, -0.15) is 0 Å². The fourth-order valence-corrected chi connectivity index (χ4v) is 3.66. The monoisotopic (exact) mass is 338 g/mol. The van der Waals surface area contributed by atoms with E-state index in [4.69, 9.17) is 9.47 Å². The van der Waals surface area contributed by atoms with Crippen LogP contribution in [0.3, 0.4) is 0 Å². The van der Waals surface area contributed by atoms with E-state index in [0.717, 1.165) is 37.1 Å². The summed E-state index contributed by atoms with van der Waals surface area (Å²) < 4.78 is 10.8. The molecule has 132 valence electrons. The summed E-state index contributed by atoms with van der Waals surface area (Å²) in [7, 11) is 0. The lowest BCUT2D eigenvalue weighted by Crippen LogP contribution is -2.36. The number of piperidine rings is 1. The number of nitrogens with one attached hydrogen (secondary N) is 1. The van der Waals surface area contributed by atoms with Crippen LogP contribution in [0.25, 0.3) is 0 Å². The third-order valence-corrected chi connectivity index (χ3v) is 5.16. The van der Waals surface area contributed by atoms with Crippen LogP contribution in [0.2, 0.25) is 0 Å². The van der Waals surface area contributed by atoms with Crippen molar-refractivity contribution in [2.45, 2.75) is 25.9 Å². The van der Waals surface area contributed by atoms with E-state index >= 15 is 0 Å². The van der Waals surface area contributed by atoms with E-state index in [1.807, 2.05) is 6.07 Å². The van der Waals surface area contributed by atoms with Crippen molar-refractivity contribution >= 4 is 0 Å². The SMILES string of the molecule is c1ccc(CN2CCC(CNCc3ccc4c(c3)OCO4)CC2)cc1. The predicted octanol–water partition coefficient (Wildman–Crippen LogP) is 3.42. The van der Waals surface area contributed by atoms with Gasteiger partial charge in [0, 0.05) is 13.1 Å². The average molecular weight is 338 g/mol. The molecule has 0 radical (unpaired) electrons. The minimum Gasteiger partial charge on any atom is -0.454 e. The smallest absolute Gasteiger partial charge is 0.231 e. The normalized spacial score (nSPS) is 17.8. The molecule has 0 bridgehead atoms. The molecule has 2 aliphatic rings. The van der Waals surface area contributed by atoms with Crippen LogP contribution in [-0.4, -0.2) is 31.3 Å². The molecule has 0 atom stereocenters. The van der Waals surface area contributed by atoms with Crippen molar-refractivity contribution < 1.29 is 9.47 Å². The van der Waals surface area contributed by atoms with Crippen LogP contribution in [0, 0.1) is 5.92 Å². The highest BCUT2D eigenvalue weighted by Crippen LogP contribution is 2.32. The minimum absolute atomic E-state index is 0.341. The Morgan fingerprint density at radius 1 is 0.920 bits per heavy atom. The van der Waals surface area contributed by atoms with E-state index in [1.54, 1.807) is 0 Å². The minimum atomic E-state index is 0.341. The third kappa shape index (κ3) is 4.33. The fraction of sp³-hybridized carbons (Fsp3) is 0.429. The summed E-state index contributed by atoms with van der Waals surface area (Å²) in [6.07, 6.45) is 2.56. The summed E-state index contributed by atoms with van der Waals surface area (Å²) >= 11 is 0. The average Bonchev–Trinajstić information content (AvgIpc) is 3.12. The summed E-state index contributed by atoms with van der Waals surface area (Å²) in [5.41, 5.74) is 2.67. The molecule has 2 aromatic carbocycles. The Morgan fingerprint density at radius 3 is 2.56 bits per heavy atom. The quantitative estimate of drug-likeness (QED) is 0.875. The van der Waals surface area contributed by atoms with Gasteiger partial charge < -0.3 is 14.8 Å². The Hall–Kier alpha value is -2.04. The van der Waals surface area contributed by atoms with Gasteiger partial charge in [0.1, 0.15) is 0 Å². The highest BCUT2D eigenvalue weighted by Gasteiger charge is 2.19. The zero-order valence-electron chi connectivity index (χ0n) is 14.6. The van der Waals surface area contributed by atoms with Crippen molar-refractivity contribution in [3.8, 4) is 11.5 Å². The molecular formula is C21H26N2O2. The number of fused-ring (bicyclic) bond motifs is 1. The van der Waals surface area contributed by atoms with Gasteiger partial charge in [0.25, 0.3) is 0 Å². The molecule has 2 aliphatic heterocycles. The van der Waals surface area contributed by atoms with Crippen molar-refractivity contribution in [3.05, 3.63) is 59.7 Å². The van der Waals surface area contributed by atoms with Gasteiger partial charge in [-0.25, -0.2) is 0 Å². The van der Waals surface area contributed by atoms with Crippen molar-refractivity contribution in [1.82, 2.24) is 10.2 Å². The highest BCUT2D eigenvalue weighted by molar-refractivity contribution is 5.44. The Labute approximate surface area is 149 Å². The second-order valence-electron chi connectivity index (χ2n) is 7.02. The molecule has 25 heavy (non-hydrogen) atoms. The second kappa shape index (κ2) is 7.89. The number of rotatable bonds is 6. The van der Waals surface area contributed by atoms with Gasteiger partial charge in [0.2, 0.25) is 6.79 Å². The predicted molar refractivity (Wildman–Crippen MR) is 98.7 cm³/mol. The van der Waals surface area contributed by atoms with Crippen LogP contribution in [0.15, 0.2) is 48.5 Å². The van der Waals surface area contributed by atoms with Crippen LogP contribution in [0.5, 0.6) is 11.5 Å². The van der Waals surface area contributed by atoms with Gasteiger partial charge >= 0.3 is 0 Å². The largest absolute Gasteiger partial charge is 0.454 e. The summed E-state index contributed by atoms with van der Waals surface area (Å²) in [4.78, 5) is 2.57. The molecular weight excluding hydrogens is 312 g/mol. The van der Waals surface area contributed by atoms with Crippen molar-refractivity contribution in [2.24, 2.45) is 5.92 Å². The lowest BCUT2D eigenvalue weighted by molar-refractivity contribution is 0.174. The molecule has 1 N–H and O–H groups in total. The molecule has 1 fully saturated rings. The first-order valence-corrected chi connectivity index (χ1v) is 9.22. The molecule has 0 amide bonds. The van der Waals surface area contributed by atoms with Gasteiger partial charge in [0.05, 0.1) is 0 Å². The van der Waals surface area contributed by atoms with E-state index in [0.29, 0.717) is 6.79 Å². The molecule has 4 heteroatoms. The highest BCUT2D eigenvalue weighted by atomic mass is 16.7. The number of ether oxygens (including phenoxy) is 2. The van der Waals surface area contributed by atoms with Crippen LogP contribution >= 0.6 is 0 Å². The Bertz CT molecular complexity index is 682. The zero-order chi connectivity index (χ0) is 16.9. The van der Waals surface area contributed by atoms with Crippen molar-refractivity contribution in [3.63, 3.8) is 0 Å². The van der Waals surface area contributed by atoms with Gasteiger partial charge in [-0.3, -0.25) is 4.90 Å². The van der Waals surface area contributed by atoms with Crippen LogP contribution in [0.4, 0.5) is 0 Å². The number of nitrogens with zero attached hydrogens (tertiary/aromatic N) is 1. The molecule has 1 saturated heterocycles. The summed E-state index contributed by atoms with van der Waals surface area (Å²) in [5.74, 6) is 2.50. The van der Waals surface area contributed by atoms with Crippen LogP contribution in [-0.2, 0) is 13.1 Å². The number of benzene rings is 2. The fourth-order valence-electron chi connectivity index (χ4n) is 3.66. The Morgan fingerprint density at radius 2 is 1.72 bits per heavy atom. The van der Waals surface area contributed by atoms with E-state index in [-0.39, 0.29) is 0 Å². The molecule has 0 aromatic heterocycles. The van der Waals surface area contributed by atoms with Crippen LogP contribution < -0.4 is 14.8 Å².